The zero-order chi connectivity index (χ0) is 15.5. The Kier molecular flexibility index (Phi) is 3.93. The summed E-state index contributed by atoms with van der Waals surface area (Å²) < 4.78 is 0.999. The summed E-state index contributed by atoms with van der Waals surface area (Å²) in [5, 5.41) is 10.7. The Morgan fingerprint density at radius 1 is 0.818 bits per heavy atom. The molecule has 0 aliphatic heterocycles. The van der Waals surface area contributed by atoms with Crippen LogP contribution in [0.15, 0.2) is 65.4 Å². The van der Waals surface area contributed by atoms with E-state index in [2.05, 4.69) is 25.9 Å². The molecule has 5 nitrogen and oxygen atoms in total. The van der Waals surface area contributed by atoms with Gasteiger partial charge >= 0.3 is 0 Å². The molecule has 6 heteroatoms. The lowest BCUT2D eigenvalue weighted by Crippen LogP contribution is -1.90. The molecule has 0 aliphatic rings. The van der Waals surface area contributed by atoms with Crippen LogP contribution in [-0.2, 0) is 0 Å². The minimum atomic E-state index is -0.420. The molecule has 3 aromatic rings. The van der Waals surface area contributed by atoms with E-state index in [0.717, 1.165) is 21.2 Å². The number of nitrogens with zero attached hydrogens (tertiary/aromatic N) is 3. The predicted molar refractivity (Wildman–Crippen MR) is 87.3 cm³/mol. The average Bonchev–Trinajstić information content (AvgIpc) is 2.56. The number of hydrogen-bond acceptors (Lipinski definition) is 4. The lowest BCUT2D eigenvalue weighted by Gasteiger charge is -2.03. The highest BCUT2D eigenvalue weighted by molar-refractivity contribution is 9.10. The predicted octanol–water partition coefficient (Wildman–Crippen LogP) is 4.48. The summed E-state index contributed by atoms with van der Waals surface area (Å²) in [6.07, 6.45) is 3.43. The Bertz CT molecular complexity index is 800. The van der Waals surface area contributed by atoms with Gasteiger partial charge in [0.05, 0.1) is 4.92 Å². The monoisotopic (exact) mass is 355 g/mol. The smallest absolute Gasteiger partial charge is 0.258 e. The van der Waals surface area contributed by atoms with Crippen molar-refractivity contribution in [2.75, 3.05) is 0 Å². The van der Waals surface area contributed by atoms with Crippen LogP contribution in [0.4, 0.5) is 5.69 Å². The Labute approximate surface area is 135 Å². The number of rotatable bonds is 3. The summed E-state index contributed by atoms with van der Waals surface area (Å²) in [4.78, 5) is 18.9. The second kappa shape index (κ2) is 6.03. The molecular formula is C16H10BrN3O2. The zero-order valence-electron chi connectivity index (χ0n) is 11.3. The normalized spacial score (nSPS) is 10.4. The number of hydrogen-bond donors (Lipinski definition) is 0. The molecule has 0 aliphatic carbocycles. The molecule has 0 spiro atoms. The number of benzene rings is 2. The van der Waals surface area contributed by atoms with Crippen molar-refractivity contribution in [3.05, 3.63) is 75.5 Å². The van der Waals surface area contributed by atoms with E-state index in [1.165, 1.54) is 12.1 Å². The van der Waals surface area contributed by atoms with Gasteiger partial charge in [0.1, 0.15) is 0 Å². The van der Waals surface area contributed by atoms with E-state index in [4.69, 9.17) is 0 Å². The summed E-state index contributed by atoms with van der Waals surface area (Å²) in [5.41, 5.74) is 2.65. The molecular weight excluding hydrogens is 346 g/mol. The first-order chi connectivity index (χ1) is 10.6. The molecule has 22 heavy (non-hydrogen) atoms. The molecule has 3 rings (SSSR count). The molecule has 108 valence electrons. The highest BCUT2D eigenvalue weighted by Gasteiger charge is 2.06. The molecule has 0 atom stereocenters. The van der Waals surface area contributed by atoms with Crippen LogP contribution >= 0.6 is 15.9 Å². The summed E-state index contributed by atoms with van der Waals surface area (Å²) in [6, 6.07) is 14.1. The maximum Gasteiger partial charge on any atom is 0.269 e. The Balaban J connectivity index is 1.87. The third-order valence-corrected chi connectivity index (χ3v) is 3.69. The van der Waals surface area contributed by atoms with Crippen molar-refractivity contribution >= 4 is 21.6 Å². The fourth-order valence-corrected chi connectivity index (χ4v) is 2.27. The van der Waals surface area contributed by atoms with Gasteiger partial charge in [-0.1, -0.05) is 28.1 Å². The van der Waals surface area contributed by atoms with Gasteiger partial charge in [0.25, 0.3) is 5.69 Å². The van der Waals surface area contributed by atoms with Crippen molar-refractivity contribution < 1.29 is 4.92 Å². The van der Waals surface area contributed by atoms with Crippen LogP contribution in [0.1, 0.15) is 0 Å². The van der Waals surface area contributed by atoms with Crippen molar-refractivity contribution in [3.63, 3.8) is 0 Å². The van der Waals surface area contributed by atoms with Gasteiger partial charge in [-0.2, -0.15) is 0 Å². The van der Waals surface area contributed by atoms with E-state index in [1.54, 1.807) is 24.5 Å². The molecule has 0 unspecified atom stereocenters. The van der Waals surface area contributed by atoms with E-state index >= 15 is 0 Å². The molecule has 1 aromatic heterocycles. The molecule has 0 fully saturated rings. The van der Waals surface area contributed by atoms with Gasteiger partial charge in [0.15, 0.2) is 5.82 Å². The second-order valence-electron chi connectivity index (χ2n) is 4.61. The molecule has 0 bridgehead atoms. The summed E-state index contributed by atoms with van der Waals surface area (Å²) >= 11 is 3.39. The average molecular weight is 356 g/mol. The quantitative estimate of drug-likeness (QED) is 0.512. The SMILES string of the molecule is O=[N+]([O-])c1ccc(-c2cnc(-c3ccc(Br)cc3)nc2)cc1. The van der Waals surface area contributed by atoms with Crippen LogP contribution in [0.5, 0.6) is 0 Å². The molecule has 0 N–H and O–H groups in total. The fraction of sp³-hybridized carbons (Fsp3) is 0. The van der Waals surface area contributed by atoms with Crippen molar-refractivity contribution in [3.8, 4) is 22.5 Å². The fourth-order valence-electron chi connectivity index (χ4n) is 2.00. The van der Waals surface area contributed by atoms with Gasteiger partial charge in [-0.05, 0) is 29.8 Å². The molecule has 0 radical (unpaired) electrons. The van der Waals surface area contributed by atoms with Crippen molar-refractivity contribution in [2.45, 2.75) is 0 Å². The minimum absolute atomic E-state index is 0.0659. The van der Waals surface area contributed by atoms with Crippen LogP contribution in [0.25, 0.3) is 22.5 Å². The highest BCUT2D eigenvalue weighted by atomic mass is 79.9. The van der Waals surface area contributed by atoms with E-state index in [-0.39, 0.29) is 5.69 Å². The first-order valence-corrected chi connectivity index (χ1v) is 7.25. The van der Waals surface area contributed by atoms with Gasteiger partial charge in [0.2, 0.25) is 0 Å². The van der Waals surface area contributed by atoms with E-state index in [1.807, 2.05) is 24.3 Å². The minimum Gasteiger partial charge on any atom is -0.258 e. The number of aromatic nitrogens is 2. The summed E-state index contributed by atoms with van der Waals surface area (Å²) in [7, 11) is 0. The first-order valence-electron chi connectivity index (χ1n) is 6.46. The number of non-ortho nitro benzene ring substituents is 1. The van der Waals surface area contributed by atoms with Crippen LogP contribution in [0.2, 0.25) is 0 Å². The van der Waals surface area contributed by atoms with Gasteiger partial charge in [-0.25, -0.2) is 9.97 Å². The van der Waals surface area contributed by atoms with Crippen LogP contribution in [-0.4, -0.2) is 14.9 Å². The number of nitro groups is 1. The lowest BCUT2D eigenvalue weighted by molar-refractivity contribution is -0.384. The standard InChI is InChI=1S/C16H10BrN3O2/c17-14-5-1-12(2-6-14)16-18-9-13(10-19-16)11-3-7-15(8-4-11)20(21)22/h1-10H. The van der Waals surface area contributed by atoms with Crippen molar-refractivity contribution in [1.82, 2.24) is 9.97 Å². The van der Waals surface area contributed by atoms with Gasteiger partial charge in [0, 0.05) is 40.1 Å². The molecule has 1 heterocycles. The summed E-state index contributed by atoms with van der Waals surface area (Å²) in [6.45, 7) is 0. The molecule has 0 saturated carbocycles. The van der Waals surface area contributed by atoms with Crippen LogP contribution in [0, 0.1) is 10.1 Å². The number of halogens is 1. The first kappa shape index (κ1) is 14.3. The Morgan fingerprint density at radius 3 is 1.91 bits per heavy atom. The van der Waals surface area contributed by atoms with Crippen molar-refractivity contribution in [1.29, 1.82) is 0 Å². The third-order valence-electron chi connectivity index (χ3n) is 3.17. The largest absolute Gasteiger partial charge is 0.269 e. The molecule has 0 amide bonds. The van der Waals surface area contributed by atoms with Crippen LogP contribution < -0.4 is 0 Å². The maximum absolute atomic E-state index is 10.7. The van der Waals surface area contributed by atoms with Gasteiger partial charge in [-0.15, -0.1) is 0 Å². The van der Waals surface area contributed by atoms with E-state index in [0.29, 0.717) is 5.82 Å². The highest BCUT2D eigenvalue weighted by Crippen LogP contribution is 2.23. The van der Waals surface area contributed by atoms with Gasteiger partial charge in [-0.3, -0.25) is 10.1 Å². The second-order valence-corrected chi connectivity index (χ2v) is 5.52. The molecule has 0 saturated heterocycles. The Hall–Kier alpha value is -2.60. The maximum atomic E-state index is 10.7. The molecule has 2 aromatic carbocycles. The topological polar surface area (TPSA) is 68.9 Å². The Morgan fingerprint density at radius 2 is 1.36 bits per heavy atom. The van der Waals surface area contributed by atoms with E-state index < -0.39 is 4.92 Å². The number of nitro benzene ring substituents is 1. The third kappa shape index (κ3) is 3.01. The van der Waals surface area contributed by atoms with Gasteiger partial charge < -0.3 is 0 Å². The van der Waals surface area contributed by atoms with E-state index in [9.17, 15) is 10.1 Å². The summed E-state index contributed by atoms with van der Waals surface area (Å²) in [5.74, 6) is 0.637. The van der Waals surface area contributed by atoms with Crippen LogP contribution in [0.3, 0.4) is 0 Å². The van der Waals surface area contributed by atoms with Crippen molar-refractivity contribution in [2.24, 2.45) is 0 Å². The lowest BCUT2D eigenvalue weighted by atomic mass is 10.1. The zero-order valence-corrected chi connectivity index (χ0v) is 12.9.